The van der Waals surface area contributed by atoms with Crippen molar-refractivity contribution in [2.45, 2.75) is 13.0 Å². The molecule has 0 spiro atoms. The molecule has 12 heavy (non-hydrogen) atoms. The second-order valence-corrected chi connectivity index (χ2v) is 3.19. The van der Waals surface area contributed by atoms with Crippen LogP contribution in [0.1, 0.15) is 6.92 Å². The van der Waals surface area contributed by atoms with E-state index in [1.807, 2.05) is 0 Å². The fraction of sp³-hybridized carbons (Fsp3) is 0.500. The molecule has 0 radical (unpaired) electrons. The van der Waals surface area contributed by atoms with E-state index < -0.39 is 22.4 Å². The summed E-state index contributed by atoms with van der Waals surface area (Å²) in [5.74, 6) is -0.621. The van der Waals surface area contributed by atoms with E-state index in [0.29, 0.717) is 0 Å². The molecule has 0 aromatic carbocycles. The van der Waals surface area contributed by atoms with E-state index in [0.717, 1.165) is 0 Å². The SMILES string of the molecule is C=CCOC(=O)C(C)OS(=O)Cl. The molecular formula is C6H9ClO4S. The minimum atomic E-state index is -1.98. The van der Waals surface area contributed by atoms with Crippen molar-refractivity contribution in [2.24, 2.45) is 0 Å². The quantitative estimate of drug-likeness (QED) is 0.387. The number of esters is 1. The molecule has 0 aliphatic rings. The van der Waals surface area contributed by atoms with E-state index >= 15 is 0 Å². The largest absolute Gasteiger partial charge is 0.460 e. The Balaban J connectivity index is 3.76. The van der Waals surface area contributed by atoms with Gasteiger partial charge in [0.25, 0.3) is 10.3 Å². The third-order valence-corrected chi connectivity index (χ3v) is 1.55. The van der Waals surface area contributed by atoms with Crippen molar-refractivity contribution in [2.75, 3.05) is 6.61 Å². The van der Waals surface area contributed by atoms with Gasteiger partial charge in [0.05, 0.1) is 0 Å². The van der Waals surface area contributed by atoms with Crippen LogP contribution in [0, 0.1) is 0 Å². The van der Waals surface area contributed by atoms with Crippen LogP contribution in [0.2, 0.25) is 0 Å². The monoisotopic (exact) mass is 212 g/mol. The average Bonchev–Trinajstić information content (AvgIpc) is 1.98. The van der Waals surface area contributed by atoms with Crippen molar-refractivity contribution in [3.05, 3.63) is 12.7 Å². The smallest absolute Gasteiger partial charge is 0.336 e. The van der Waals surface area contributed by atoms with Crippen LogP contribution in [-0.2, 0) is 24.0 Å². The van der Waals surface area contributed by atoms with Crippen molar-refractivity contribution >= 4 is 26.9 Å². The molecule has 0 rings (SSSR count). The Morgan fingerprint density at radius 3 is 2.83 bits per heavy atom. The average molecular weight is 213 g/mol. The van der Waals surface area contributed by atoms with Gasteiger partial charge in [-0.15, -0.1) is 0 Å². The summed E-state index contributed by atoms with van der Waals surface area (Å²) in [7, 11) is 3.00. The van der Waals surface area contributed by atoms with Crippen molar-refractivity contribution in [3.63, 3.8) is 0 Å². The zero-order valence-corrected chi connectivity index (χ0v) is 8.06. The Labute approximate surface area is 77.7 Å². The van der Waals surface area contributed by atoms with E-state index in [1.165, 1.54) is 13.0 Å². The summed E-state index contributed by atoms with van der Waals surface area (Å²) in [6.45, 7) is 4.84. The number of hydrogen-bond donors (Lipinski definition) is 0. The highest BCUT2D eigenvalue weighted by Crippen LogP contribution is 2.00. The normalized spacial score (nSPS) is 14.8. The molecule has 2 atom stereocenters. The molecular weight excluding hydrogens is 204 g/mol. The number of carbonyl (C=O) groups is 1. The first kappa shape index (κ1) is 11.6. The molecule has 0 bridgehead atoms. The first-order valence-corrected chi connectivity index (χ1v) is 5.00. The van der Waals surface area contributed by atoms with E-state index in [1.54, 1.807) is 0 Å². The molecule has 0 saturated carbocycles. The minimum absolute atomic E-state index is 0.0987. The van der Waals surface area contributed by atoms with E-state index in [2.05, 4.69) is 15.5 Å². The van der Waals surface area contributed by atoms with Crippen LogP contribution in [0.5, 0.6) is 0 Å². The lowest BCUT2D eigenvalue weighted by molar-refractivity contribution is -0.149. The molecule has 0 saturated heterocycles. The van der Waals surface area contributed by atoms with E-state index in [-0.39, 0.29) is 6.61 Å². The molecule has 0 amide bonds. The molecule has 4 nitrogen and oxygen atoms in total. The topological polar surface area (TPSA) is 52.6 Å². The van der Waals surface area contributed by atoms with Gasteiger partial charge >= 0.3 is 5.97 Å². The number of carbonyl (C=O) groups excluding carboxylic acids is 1. The summed E-state index contributed by atoms with van der Waals surface area (Å²) in [5, 5.41) is 0. The van der Waals surface area contributed by atoms with Gasteiger partial charge in [0, 0.05) is 10.7 Å². The summed E-state index contributed by atoms with van der Waals surface area (Å²) >= 11 is 0. The number of hydrogen-bond acceptors (Lipinski definition) is 4. The van der Waals surface area contributed by atoms with Crippen LogP contribution in [0.15, 0.2) is 12.7 Å². The highest BCUT2D eigenvalue weighted by atomic mass is 35.7. The first-order chi connectivity index (χ1) is 5.57. The highest BCUT2D eigenvalue weighted by Gasteiger charge is 2.16. The van der Waals surface area contributed by atoms with Crippen molar-refractivity contribution in [3.8, 4) is 0 Å². The molecule has 0 aliphatic carbocycles. The number of ether oxygens (including phenoxy) is 1. The molecule has 6 heteroatoms. The lowest BCUT2D eigenvalue weighted by Crippen LogP contribution is -2.23. The van der Waals surface area contributed by atoms with Crippen LogP contribution in [0.4, 0.5) is 0 Å². The maximum absolute atomic E-state index is 10.8. The zero-order valence-electron chi connectivity index (χ0n) is 6.49. The molecule has 70 valence electrons. The third kappa shape index (κ3) is 5.29. The van der Waals surface area contributed by atoms with Crippen molar-refractivity contribution in [1.82, 2.24) is 0 Å². The van der Waals surface area contributed by atoms with Gasteiger partial charge in [-0.1, -0.05) is 12.7 Å². The summed E-state index contributed by atoms with van der Waals surface area (Å²) in [5.41, 5.74) is 0. The van der Waals surface area contributed by atoms with Crippen molar-refractivity contribution in [1.29, 1.82) is 0 Å². The van der Waals surface area contributed by atoms with Gasteiger partial charge in [-0.2, -0.15) is 0 Å². The van der Waals surface area contributed by atoms with E-state index in [9.17, 15) is 9.00 Å². The fourth-order valence-electron chi connectivity index (χ4n) is 0.411. The maximum Gasteiger partial charge on any atom is 0.336 e. The van der Waals surface area contributed by atoms with Crippen LogP contribution in [-0.4, -0.2) is 22.9 Å². The van der Waals surface area contributed by atoms with E-state index in [4.69, 9.17) is 10.7 Å². The summed E-state index contributed by atoms with van der Waals surface area (Å²) in [4.78, 5) is 10.8. The Bertz CT molecular complexity index is 194. The van der Waals surface area contributed by atoms with Crippen LogP contribution in [0.25, 0.3) is 0 Å². The van der Waals surface area contributed by atoms with Crippen LogP contribution in [0.3, 0.4) is 0 Å². The van der Waals surface area contributed by atoms with Crippen LogP contribution < -0.4 is 0 Å². The van der Waals surface area contributed by atoms with Crippen LogP contribution >= 0.6 is 10.7 Å². The zero-order chi connectivity index (χ0) is 9.56. The number of halogens is 1. The predicted octanol–water partition coefficient (Wildman–Crippen LogP) is 0.938. The lowest BCUT2D eigenvalue weighted by Gasteiger charge is -2.07. The molecule has 0 aromatic rings. The Morgan fingerprint density at radius 1 is 1.83 bits per heavy atom. The molecule has 0 aromatic heterocycles. The minimum Gasteiger partial charge on any atom is -0.460 e. The maximum atomic E-state index is 10.8. The van der Waals surface area contributed by atoms with Gasteiger partial charge < -0.3 is 4.74 Å². The lowest BCUT2D eigenvalue weighted by atomic mass is 10.4. The molecule has 0 fully saturated rings. The second-order valence-electron chi connectivity index (χ2n) is 1.85. The van der Waals surface area contributed by atoms with Gasteiger partial charge in [0.1, 0.15) is 6.61 Å². The molecule has 2 unspecified atom stereocenters. The Morgan fingerprint density at radius 2 is 2.42 bits per heavy atom. The van der Waals surface area contributed by atoms with Gasteiger partial charge in [-0.25, -0.2) is 9.00 Å². The molecule has 0 aliphatic heterocycles. The Kier molecular flexibility index (Phi) is 5.96. The van der Waals surface area contributed by atoms with Gasteiger partial charge in [0.2, 0.25) is 0 Å². The highest BCUT2D eigenvalue weighted by molar-refractivity contribution is 8.04. The van der Waals surface area contributed by atoms with Gasteiger partial charge in [-0.3, -0.25) is 4.18 Å². The van der Waals surface area contributed by atoms with Gasteiger partial charge in [-0.05, 0) is 6.92 Å². The predicted molar refractivity (Wildman–Crippen MR) is 45.7 cm³/mol. The third-order valence-electron chi connectivity index (χ3n) is 0.895. The summed E-state index contributed by atoms with van der Waals surface area (Å²) < 4.78 is 19.3. The van der Waals surface area contributed by atoms with Gasteiger partial charge in [0.15, 0.2) is 6.10 Å². The molecule has 0 N–H and O–H groups in total. The Hall–Kier alpha value is -0.390. The summed E-state index contributed by atoms with van der Waals surface area (Å²) in [6, 6.07) is 0. The first-order valence-electron chi connectivity index (χ1n) is 3.10. The standard InChI is InChI=1S/C6H9ClO4S/c1-3-4-10-6(8)5(2)11-12(7)9/h3,5H,1,4H2,2H3. The second kappa shape index (κ2) is 6.16. The molecule has 0 heterocycles. The number of rotatable bonds is 5. The van der Waals surface area contributed by atoms with Crippen molar-refractivity contribution < 1.29 is 17.9 Å². The fourth-order valence-corrected chi connectivity index (χ4v) is 1.04. The summed E-state index contributed by atoms with van der Waals surface area (Å²) in [6.07, 6.45) is 0.491.